The van der Waals surface area contributed by atoms with Crippen LogP contribution in [0.2, 0.25) is 0 Å². The van der Waals surface area contributed by atoms with E-state index >= 15 is 0 Å². The normalized spacial score (nSPS) is 18.5. The fourth-order valence-electron chi connectivity index (χ4n) is 4.17. The highest BCUT2D eigenvalue weighted by molar-refractivity contribution is 7.92. The lowest BCUT2D eigenvalue weighted by molar-refractivity contribution is -0.110. The summed E-state index contributed by atoms with van der Waals surface area (Å²) in [5.41, 5.74) is 1.28. The van der Waals surface area contributed by atoms with Gasteiger partial charge in [0.25, 0.3) is 5.91 Å². The zero-order chi connectivity index (χ0) is 25.8. The number of nitrogens with one attached hydrogen (secondary N) is 1. The molecule has 2 aliphatic heterocycles. The Labute approximate surface area is 218 Å². The van der Waals surface area contributed by atoms with E-state index in [-0.39, 0.29) is 30.4 Å². The van der Waals surface area contributed by atoms with Gasteiger partial charge in [-0.2, -0.15) is 5.10 Å². The highest BCUT2D eigenvalue weighted by atomic mass is 32.2. The van der Waals surface area contributed by atoms with E-state index in [1.807, 2.05) is 5.01 Å². The summed E-state index contributed by atoms with van der Waals surface area (Å²) in [6.45, 7) is 2.13. The summed E-state index contributed by atoms with van der Waals surface area (Å²) in [6.07, 6.45) is 2.45. The number of aliphatic hydroxyl groups is 1. The van der Waals surface area contributed by atoms with Crippen LogP contribution in [-0.4, -0.2) is 84.9 Å². The van der Waals surface area contributed by atoms with Crippen LogP contribution < -0.4 is 10.1 Å². The Morgan fingerprint density at radius 2 is 1.97 bits per heavy atom. The van der Waals surface area contributed by atoms with E-state index in [2.05, 4.69) is 20.4 Å². The molecule has 2 fully saturated rings. The van der Waals surface area contributed by atoms with Gasteiger partial charge in [0.05, 0.1) is 23.4 Å². The minimum atomic E-state index is -3.51. The Hall–Kier alpha value is -3.13. The minimum Gasteiger partial charge on any atom is -0.475 e. The largest absolute Gasteiger partial charge is 0.475 e. The second kappa shape index (κ2) is 11.1. The standard InChI is InChI=1S/C24H27N5O6S2/c30-12-14-35-20-8-7-19-23(26-20)36-24(25-19)27-22(31)21(28-29-10-1-2-11-29)16-3-5-17(6-4-16)37(32,33)18-9-13-34-15-18/h3-8,18,30H,1-2,9-15H2,(H,25,27,31)/b28-21+/t18-/m0/s1. The SMILES string of the molecule is O=C(Nc1nc2ccc(OCCO)nc2s1)/C(=N/N1CCCC1)c1ccc(S(=O)(=O)[C@H]2CCOC2)cc1. The van der Waals surface area contributed by atoms with Crippen LogP contribution in [0.15, 0.2) is 46.4 Å². The van der Waals surface area contributed by atoms with Gasteiger partial charge in [-0.25, -0.2) is 18.4 Å². The summed E-state index contributed by atoms with van der Waals surface area (Å²) >= 11 is 1.19. The average Bonchev–Trinajstić information content (AvgIpc) is 3.68. The van der Waals surface area contributed by atoms with Crippen molar-refractivity contribution in [3.63, 3.8) is 0 Å². The Kier molecular flexibility index (Phi) is 7.65. The Morgan fingerprint density at radius 3 is 2.68 bits per heavy atom. The number of nitrogens with zero attached hydrogens (tertiary/aromatic N) is 4. The number of fused-ring (bicyclic) bond motifs is 1. The minimum absolute atomic E-state index is 0.120. The number of carbonyl (C=O) groups excluding carboxylic acids is 1. The lowest BCUT2D eigenvalue weighted by atomic mass is 10.1. The Balaban J connectivity index is 1.39. The predicted molar refractivity (Wildman–Crippen MR) is 139 cm³/mol. The van der Waals surface area contributed by atoms with Gasteiger partial charge in [-0.1, -0.05) is 23.5 Å². The van der Waals surface area contributed by atoms with E-state index in [0.29, 0.717) is 39.9 Å². The van der Waals surface area contributed by atoms with Crippen molar-refractivity contribution in [3.8, 4) is 5.88 Å². The van der Waals surface area contributed by atoms with Crippen molar-refractivity contribution in [1.82, 2.24) is 15.0 Å². The van der Waals surface area contributed by atoms with Gasteiger partial charge in [0.1, 0.15) is 17.0 Å². The molecule has 0 unspecified atom stereocenters. The molecule has 2 saturated heterocycles. The number of aliphatic hydroxyl groups excluding tert-OH is 1. The number of ether oxygens (including phenoxy) is 2. The van der Waals surface area contributed by atoms with Crippen molar-refractivity contribution < 1.29 is 27.8 Å². The molecular formula is C24H27N5O6S2. The molecule has 2 N–H and O–H groups in total. The third kappa shape index (κ3) is 5.74. The number of aromatic nitrogens is 2. The molecule has 11 nitrogen and oxygen atoms in total. The summed E-state index contributed by atoms with van der Waals surface area (Å²) < 4.78 is 36.4. The summed E-state index contributed by atoms with van der Waals surface area (Å²) in [4.78, 5) is 22.9. The van der Waals surface area contributed by atoms with Crippen LogP contribution >= 0.6 is 11.3 Å². The van der Waals surface area contributed by atoms with Crippen LogP contribution in [0, 0.1) is 0 Å². The van der Waals surface area contributed by atoms with Gasteiger partial charge in [-0.15, -0.1) is 0 Å². The molecule has 1 atom stereocenters. The van der Waals surface area contributed by atoms with Crippen LogP contribution in [0.4, 0.5) is 5.13 Å². The fraction of sp³-hybridized carbons (Fsp3) is 0.417. The topological polar surface area (TPSA) is 143 Å². The van der Waals surface area contributed by atoms with Crippen molar-refractivity contribution >= 4 is 48.3 Å². The maximum absolute atomic E-state index is 13.4. The van der Waals surface area contributed by atoms with Crippen LogP contribution in [0.25, 0.3) is 10.3 Å². The second-order valence-corrected chi connectivity index (χ2v) is 11.9. The monoisotopic (exact) mass is 545 g/mol. The predicted octanol–water partition coefficient (Wildman–Crippen LogP) is 2.06. The van der Waals surface area contributed by atoms with Gasteiger partial charge in [0.15, 0.2) is 20.7 Å². The number of rotatable bonds is 9. The van der Waals surface area contributed by atoms with Gasteiger partial charge in [0.2, 0.25) is 5.88 Å². The zero-order valence-corrected chi connectivity index (χ0v) is 21.6. The molecule has 0 spiro atoms. The quantitative estimate of drug-likeness (QED) is 0.386. The molecule has 196 valence electrons. The van der Waals surface area contributed by atoms with Crippen molar-refractivity contribution in [2.24, 2.45) is 5.10 Å². The molecule has 1 aromatic carbocycles. The zero-order valence-electron chi connectivity index (χ0n) is 20.0. The first-order valence-corrected chi connectivity index (χ1v) is 14.4. The molecule has 0 radical (unpaired) electrons. The van der Waals surface area contributed by atoms with E-state index in [0.717, 1.165) is 25.9 Å². The fourth-order valence-corrected chi connectivity index (χ4v) is 6.58. The van der Waals surface area contributed by atoms with Crippen molar-refractivity contribution in [2.45, 2.75) is 29.4 Å². The number of anilines is 1. The van der Waals surface area contributed by atoms with Gasteiger partial charge >= 0.3 is 0 Å². The van der Waals surface area contributed by atoms with Crippen LogP contribution in [0.3, 0.4) is 0 Å². The lowest BCUT2D eigenvalue weighted by Gasteiger charge is -2.15. The average molecular weight is 546 g/mol. The summed E-state index contributed by atoms with van der Waals surface area (Å²) in [7, 11) is -3.51. The number of hydrazone groups is 1. The Bertz CT molecular complexity index is 1390. The molecular weight excluding hydrogens is 518 g/mol. The molecule has 0 saturated carbocycles. The summed E-state index contributed by atoms with van der Waals surface area (Å²) in [6, 6.07) is 9.64. The molecule has 0 aliphatic carbocycles. The second-order valence-electron chi connectivity index (χ2n) is 8.68. The molecule has 2 aliphatic rings. The van der Waals surface area contributed by atoms with E-state index in [4.69, 9.17) is 14.6 Å². The maximum atomic E-state index is 13.4. The van der Waals surface area contributed by atoms with E-state index in [1.54, 1.807) is 24.3 Å². The number of pyridine rings is 1. The summed E-state index contributed by atoms with van der Waals surface area (Å²) in [5, 5.41) is 18.0. The number of hydrogen-bond acceptors (Lipinski definition) is 11. The van der Waals surface area contributed by atoms with Crippen molar-refractivity contribution in [1.29, 1.82) is 0 Å². The van der Waals surface area contributed by atoms with Gasteiger partial charge in [0, 0.05) is 31.3 Å². The van der Waals surface area contributed by atoms with Crippen LogP contribution in [-0.2, 0) is 19.4 Å². The molecule has 0 bridgehead atoms. The Morgan fingerprint density at radius 1 is 1.19 bits per heavy atom. The van der Waals surface area contributed by atoms with Gasteiger partial charge in [-0.3, -0.25) is 15.1 Å². The first-order chi connectivity index (χ1) is 17.9. The molecule has 37 heavy (non-hydrogen) atoms. The maximum Gasteiger partial charge on any atom is 0.278 e. The molecule has 5 rings (SSSR count). The van der Waals surface area contributed by atoms with Crippen molar-refractivity contribution in [3.05, 3.63) is 42.0 Å². The smallest absolute Gasteiger partial charge is 0.278 e. The van der Waals surface area contributed by atoms with Crippen LogP contribution in [0.5, 0.6) is 5.88 Å². The highest BCUT2D eigenvalue weighted by Crippen LogP contribution is 2.27. The number of benzene rings is 1. The van der Waals surface area contributed by atoms with E-state index in [9.17, 15) is 13.2 Å². The highest BCUT2D eigenvalue weighted by Gasteiger charge is 2.31. The molecule has 1 amide bonds. The molecule has 2 aromatic heterocycles. The summed E-state index contributed by atoms with van der Waals surface area (Å²) in [5.74, 6) is -0.0962. The molecule has 13 heteroatoms. The first kappa shape index (κ1) is 25.5. The third-order valence-corrected chi connectivity index (χ3v) is 9.17. The number of carbonyl (C=O) groups is 1. The number of hydrogen-bond donors (Lipinski definition) is 2. The van der Waals surface area contributed by atoms with Crippen molar-refractivity contribution in [2.75, 3.05) is 44.8 Å². The van der Waals surface area contributed by atoms with Crippen LogP contribution in [0.1, 0.15) is 24.8 Å². The number of sulfone groups is 1. The first-order valence-electron chi connectivity index (χ1n) is 12.0. The van der Waals surface area contributed by atoms with Gasteiger partial charge in [-0.05, 0) is 37.5 Å². The third-order valence-electron chi connectivity index (χ3n) is 6.11. The van der Waals surface area contributed by atoms with E-state index in [1.165, 1.54) is 23.5 Å². The molecule has 3 aromatic rings. The molecule has 4 heterocycles. The van der Waals surface area contributed by atoms with E-state index < -0.39 is 21.0 Å². The van der Waals surface area contributed by atoms with Gasteiger partial charge < -0.3 is 14.6 Å². The number of thiazole rings is 1. The number of amides is 1. The lowest BCUT2D eigenvalue weighted by Crippen LogP contribution is -2.27.